The molecule has 4 nitrogen and oxygen atoms in total. The van der Waals surface area contributed by atoms with Gasteiger partial charge in [-0.3, -0.25) is 0 Å². The molecule has 0 aliphatic carbocycles. The van der Waals surface area contributed by atoms with Gasteiger partial charge in [-0.25, -0.2) is 0 Å². The highest BCUT2D eigenvalue weighted by Crippen LogP contribution is 2.27. The molecule has 1 heterocycles. The number of rotatable bonds is 3. The first-order chi connectivity index (χ1) is 8.16. The van der Waals surface area contributed by atoms with Gasteiger partial charge in [0.05, 0.1) is 29.1 Å². The number of nitrogens with one attached hydrogen (secondary N) is 1. The van der Waals surface area contributed by atoms with Gasteiger partial charge in [0, 0.05) is 19.6 Å². The standard InChI is InChI=1S/C12H18ClN3O/c1-16-5-6-17-9(8-16)7-15-12-10(13)3-2-4-11(12)14/h2-4,9,15H,5-8,14H2,1H3. The van der Waals surface area contributed by atoms with Crippen LogP contribution in [0.15, 0.2) is 18.2 Å². The highest BCUT2D eigenvalue weighted by molar-refractivity contribution is 6.33. The molecule has 94 valence electrons. The van der Waals surface area contributed by atoms with E-state index in [1.165, 1.54) is 0 Å². The maximum Gasteiger partial charge on any atom is 0.0874 e. The van der Waals surface area contributed by atoms with Gasteiger partial charge in [0.1, 0.15) is 0 Å². The Bertz CT molecular complexity index is 366. The second-order valence-corrected chi connectivity index (χ2v) is 4.75. The summed E-state index contributed by atoms with van der Waals surface area (Å²) in [5.41, 5.74) is 7.33. The molecule has 5 heteroatoms. The molecular formula is C12H18ClN3O. The lowest BCUT2D eigenvalue weighted by atomic mass is 10.2. The molecule has 1 aromatic rings. The number of hydrogen-bond donors (Lipinski definition) is 2. The van der Waals surface area contributed by atoms with Crippen LogP contribution in [-0.2, 0) is 4.74 Å². The topological polar surface area (TPSA) is 50.5 Å². The lowest BCUT2D eigenvalue weighted by Crippen LogP contribution is -2.43. The Balaban J connectivity index is 1.93. The van der Waals surface area contributed by atoms with E-state index in [-0.39, 0.29) is 6.10 Å². The zero-order chi connectivity index (χ0) is 12.3. The monoisotopic (exact) mass is 255 g/mol. The van der Waals surface area contributed by atoms with Crippen LogP contribution in [0.1, 0.15) is 0 Å². The molecule has 1 aliphatic heterocycles. The lowest BCUT2D eigenvalue weighted by molar-refractivity contribution is -0.0117. The van der Waals surface area contributed by atoms with Gasteiger partial charge in [-0.2, -0.15) is 0 Å². The first-order valence-electron chi connectivity index (χ1n) is 5.75. The van der Waals surface area contributed by atoms with Crippen LogP contribution in [0.25, 0.3) is 0 Å². The van der Waals surface area contributed by atoms with Crippen LogP contribution in [0.2, 0.25) is 5.02 Å². The van der Waals surface area contributed by atoms with Crippen molar-refractivity contribution in [2.75, 3.05) is 44.3 Å². The maximum absolute atomic E-state index is 6.08. The average molecular weight is 256 g/mol. The van der Waals surface area contributed by atoms with E-state index < -0.39 is 0 Å². The number of para-hydroxylation sites is 1. The number of nitrogens with zero attached hydrogens (tertiary/aromatic N) is 1. The predicted molar refractivity (Wildman–Crippen MR) is 71.6 cm³/mol. The summed E-state index contributed by atoms with van der Waals surface area (Å²) < 4.78 is 5.66. The Morgan fingerprint density at radius 1 is 1.59 bits per heavy atom. The highest BCUT2D eigenvalue weighted by atomic mass is 35.5. The molecular weight excluding hydrogens is 238 g/mol. The zero-order valence-corrected chi connectivity index (χ0v) is 10.7. The highest BCUT2D eigenvalue weighted by Gasteiger charge is 2.17. The molecule has 0 amide bonds. The summed E-state index contributed by atoms with van der Waals surface area (Å²) >= 11 is 6.08. The normalized spacial score (nSPS) is 21.4. The number of nitrogens with two attached hydrogens (primary N) is 1. The number of benzene rings is 1. The van der Waals surface area contributed by atoms with E-state index in [2.05, 4.69) is 17.3 Å². The van der Waals surface area contributed by atoms with Crippen molar-refractivity contribution >= 4 is 23.0 Å². The maximum atomic E-state index is 6.08. The number of likely N-dealkylation sites (N-methyl/N-ethyl adjacent to an activating group) is 1. The van der Waals surface area contributed by atoms with Gasteiger partial charge in [0.15, 0.2) is 0 Å². The largest absolute Gasteiger partial charge is 0.397 e. The van der Waals surface area contributed by atoms with Gasteiger partial charge >= 0.3 is 0 Å². The van der Waals surface area contributed by atoms with Gasteiger partial charge in [-0.1, -0.05) is 17.7 Å². The molecule has 17 heavy (non-hydrogen) atoms. The third-order valence-electron chi connectivity index (χ3n) is 2.89. The number of morpholine rings is 1. The minimum absolute atomic E-state index is 0.185. The van der Waals surface area contributed by atoms with E-state index in [1.54, 1.807) is 0 Å². The Morgan fingerprint density at radius 2 is 2.41 bits per heavy atom. The number of halogens is 1. The summed E-state index contributed by atoms with van der Waals surface area (Å²) in [6, 6.07) is 5.50. The number of anilines is 2. The fourth-order valence-corrected chi connectivity index (χ4v) is 2.18. The Kier molecular flexibility index (Phi) is 4.10. The molecule has 1 aliphatic rings. The smallest absolute Gasteiger partial charge is 0.0874 e. The first kappa shape index (κ1) is 12.5. The molecule has 2 rings (SSSR count). The van der Waals surface area contributed by atoms with Crippen LogP contribution in [0.3, 0.4) is 0 Å². The SMILES string of the molecule is CN1CCOC(CNc2c(N)cccc2Cl)C1. The molecule has 1 aromatic carbocycles. The average Bonchev–Trinajstić information content (AvgIpc) is 2.28. The van der Waals surface area contributed by atoms with Crippen molar-refractivity contribution in [3.8, 4) is 0 Å². The molecule has 1 unspecified atom stereocenters. The summed E-state index contributed by atoms with van der Waals surface area (Å²) in [4.78, 5) is 2.26. The fraction of sp³-hybridized carbons (Fsp3) is 0.500. The zero-order valence-electron chi connectivity index (χ0n) is 9.95. The van der Waals surface area contributed by atoms with Crippen molar-refractivity contribution in [2.24, 2.45) is 0 Å². The molecule has 3 N–H and O–H groups in total. The molecule has 1 saturated heterocycles. The van der Waals surface area contributed by atoms with Crippen LogP contribution < -0.4 is 11.1 Å². The van der Waals surface area contributed by atoms with Crippen LogP contribution in [-0.4, -0.2) is 44.3 Å². The Labute approximate surface area is 107 Å². The van der Waals surface area contributed by atoms with E-state index in [9.17, 15) is 0 Å². The minimum atomic E-state index is 0.185. The Hall–Kier alpha value is -0.970. The Morgan fingerprint density at radius 3 is 3.12 bits per heavy atom. The molecule has 1 fully saturated rings. The molecule has 0 saturated carbocycles. The quantitative estimate of drug-likeness (QED) is 0.807. The summed E-state index contributed by atoms with van der Waals surface area (Å²) in [6.45, 7) is 3.42. The molecule has 0 bridgehead atoms. The summed E-state index contributed by atoms with van der Waals surface area (Å²) in [5.74, 6) is 0. The van der Waals surface area contributed by atoms with E-state index >= 15 is 0 Å². The predicted octanol–water partition coefficient (Wildman–Crippen LogP) is 1.66. The molecule has 0 aromatic heterocycles. The molecule has 1 atom stereocenters. The van der Waals surface area contributed by atoms with E-state index in [4.69, 9.17) is 22.1 Å². The second kappa shape index (κ2) is 5.58. The van der Waals surface area contributed by atoms with Crippen molar-refractivity contribution in [2.45, 2.75) is 6.10 Å². The number of ether oxygens (including phenoxy) is 1. The summed E-state index contributed by atoms with van der Waals surface area (Å²) in [6.07, 6.45) is 0.185. The van der Waals surface area contributed by atoms with Crippen LogP contribution in [0.4, 0.5) is 11.4 Å². The molecule has 0 radical (unpaired) electrons. The van der Waals surface area contributed by atoms with Gasteiger partial charge in [-0.15, -0.1) is 0 Å². The van der Waals surface area contributed by atoms with Crippen molar-refractivity contribution in [3.05, 3.63) is 23.2 Å². The van der Waals surface area contributed by atoms with Gasteiger partial charge < -0.3 is 20.7 Å². The van der Waals surface area contributed by atoms with Gasteiger partial charge in [-0.05, 0) is 19.2 Å². The van der Waals surface area contributed by atoms with Gasteiger partial charge in [0.25, 0.3) is 0 Å². The minimum Gasteiger partial charge on any atom is -0.397 e. The van der Waals surface area contributed by atoms with E-state index in [0.717, 1.165) is 31.9 Å². The first-order valence-corrected chi connectivity index (χ1v) is 6.12. The third-order valence-corrected chi connectivity index (χ3v) is 3.21. The number of hydrogen-bond acceptors (Lipinski definition) is 4. The van der Waals surface area contributed by atoms with Crippen molar-refractivity contribution in [3.63, 3.8) is 0 Å². The third kappa shape index (κ3) is 3.25. The van der Waals surface area contributed by atoms with Crippen molar-refractivity contribution in [1.82, 2.24) is 4.90 Å². The summed E-state index contributed by atoms with van der Waals surface area (Å²) in [5, 5.41) is 3.91. The lowest BCUT2D eigenvalue weighted by Gasteiger charge is -2.30. The van der Waals surface area contributed by atoms with Crippen LogP contribution in [0, 0.1) is 0 Å². The van der Waals surface area contributed by atoms with Crippen molar-refractivity contribution < 1.29 is 4.74 Å². The second-order valence-electron chi connectivity index (χ2n) is 4.34. The number of nitrogen functional groups attached to an aromatic ring is 1. The van der Waals surface area contributed by atoms with E-state index in [0.29, 0.717) is 10.7 Å². The van der Waals surface area contributed by atoms with Crippen LogP contribution >= 0.6 is 11.6 Å². The van der Waals surface area contributed by atoms with Gasteiger partial charge in [0.2, 0.25) is 0 Å². The van der Waals surface area contributed by atoms with Crippen LogP contribution in [0.5, 0.6) is 0 Å². The summed E-state index contributed by atoms with van der Waals surface area (Å²) in [7, 11) is 2.10. The molecule has 0 spiro atoms. The van der Waals surface area contributed by atoms with E-state index in [1.807, 2.05) is 18.2 Å². The van der Waals surface area contributed by atoms with Crippen molar-refractivity contribution in [1.29, 1.82) is 0 Å². The fourth-order valence-electron chi connectivity index (χ4n) is 1.93.